The fraction of sp³-hybridized carbons (Fsp3) is 0.440. The van der Waals surface area contributed by atoms with Gasteiger partial charge in [0.05, 0.1) is 12.1 Å². The zero-order chi connectivity index (χ0) is 22.5. The highest BCUT2D eigenvalue weighted by molar-refractivity contribution is 6.03. The number of halogens is 1. The minimum absolute atomic E-state index is 0.137. The monoisotopic (exact) mass is 437 g/mol. The van der Waals surface area contributed by atoms with Crippen LogP contribution in [0.3, 0.4) is 0 Å². The molecule has 6 nitrogen and oxygen atoms in total. The van der Waals surface area contributed by atoms with E-state index >= 15 is 0 Å². The fourth-order valence-corrected chi connectivity index (χ4v) is 5.07. The van der Waals surface area contributed by atoms with Crippen LogP contribution in [0.2, 0.25) is 0 Å². The quantitative estimate of drug-likeness (QED) is 0.651. The Labute approximate surface area is 186 Å². The highest BCUT2D eigenvalue weighted by Crippen LogP contribution is 2.35. The van der Waals surface area contributed by atoms with Crippen LogP contribution in [0.25, 0.3) is 11.1 Å². The maximum Gasteiger partial charge on any atom is 0.271 e. The molecule has 1 atom stereocenters. The molecule has 168 valence electrons. The second kappa shape index (κ2) is 7.80. The minimum atomic E-state index is -1.09. The molecule has 0 radical (unpaired) electrons. The molecule has 1 fully saturated rings. The van der Waals surface area contributed by atoms with Gasteiger partial charge in [-0.15, -0.1) is 0 Å². The van der Waals surface area contributed by atoms with Crippen molar-refractivity contribution < 1.29 is 18.4 Å². The summed E-state index contributed by atoms with van der Waals surface area (Å²) in [5.74, 6) is 0.0551. The summed E-state index contributed by atoms with van der Waals surface area (Å²) in [6.07, 6.45) is 5.35. The Morgan fingerprint density at radius 1 is 1.19 bits per heavy atom. The van der Waals surface area contributed by atoms with Gasteiger partial charge in [0, 0.05) is 24.7 Å². The first-order valence-electron chi connectivity index (χ1n) is 11.3. The zero-order valence-electron chi connectivity index (χ0n) is 18.5. The standard InChI is InChI=1S/C25H28FN3O3/c1-16-12-20-22(32-16)13-21-23(30)29(14-17-8-10-18(26)11-9-17)25(2,15-28(20)21)24(31)27-19-6-4-3-5-7-19/h8-13,19H,3-7,14-15H2,1-2H3,(H,27,31)/t25-/m1/s1. The molecular weight excluding hydrogens is 409 g/mol. The minimum Gasteiger partial charge on any atom is -0.460 e. The molecule has 3 aromatic rings. The molecule has 1 aliphatic carbocycles. The number of aryl methyl sites for hydroxylation is 1. The fourth-order valence-electron chi connectivity index (χ4n) is 5.07. The number of carbonyl (C=O) groups excluding carboxylic acids is 2. The molecule has 1 N–H and O–H groups in total. The number of carbonyl (C=O) groups is 2. The summed E-state index contributed by atoms with van der Waals surface area (Å²) in [6.45, 7) is 4.25. The number of amides is 2. The van der Waals surface area contributed by atoms with Gasteiger partial charge in [-0.25, -0.2) is 4.39 Å². The van der Waals surface area contributed by atoms with Gasteiger partial charge in [0.1, 0.15) is 22.8 Å². The number of hydrogen-bond acceptors (Lipinski definition) is 3. The average molecular weight is 438 g/mol. The summed E-state index contributed by atoms with van der Waals surface area (Å²) < 4.78 is 21.1. The summed E-state index contributed by atoms with van der Waals surface area (Å²) in [6, 6.07) is 9.86. The van der Waals surface area contributed by atoms with Crippen molar-refractivity contribution in [2.45, 2.75) is 70.6 Å². The topological polar surface area (TPSA) is 67.5 Å². The van der Waals surface area contributed by atoms with E-state index in [2.05, 4.69) is 5.32 Å². The third-order valence-electron chi connectivity index (χ3n) is 6.92. The van der Waals surface area contributed by atoms with E-state index in [1.165, 1.54) is 18.6 Å². The van der Waals surface area contributed by atoms with E-state index in [1.807, 2.05) is 24.5 Å². The summed E-state index contributed by atoms with van der Waals surface area (Å²) >= 11 is 0. The van der Waals surface area contributed by atoms with Crippen molar-refractivity contribution in [2.24, 2.45) is 0 Å². The van der Waals surface area contributed by atoms with Crippen LogP contribution in [0.4, 0.5) is 4.39 Å². The predicted octanol–water partition coefficient (Wildman–Crippen LogP) is 4.55. The number of nitrogens with one attached hydrogen (secondary N) is 1. The highest BCUT2D eigenvalue weighted by Gasteiger charge is 2.48. The molecule has 5 rings (SSSR count). The van der Waals surface area contributed by atoms with Crippen LogP contribution in [0.1, 0.15) is 60.8 Å². The van der Waals surface area contributed by atoms with Crippen LogP contribution >= 0.6 is 0 Å². The predicted molar refractivity (Wildman–Crippen MR) is 119 cm³/mol. The lowest BCUT2D eigenvalue weighted by Crippen LogP contribution is -2.64. The number of benzene rings is 1. The molecule has 0 saturated heterocycles. The summed E-state index contributed by atoms with van der Waals surface area (Å²) in [4.78, 5) is 28.9. The number of fused-ring (bicyclic) bond motifs is 3. The number of aromatic nitrogens is 1. The molecule has 2 amide bonds. The molecule has 1 saturated carbocycles. The lowest BCUT2D eigenvalue weighted by Gasteiger charge is -2.44. The molecule has 32 heavy (non-hydrogen) atoms. The van der Waals surface area contributed by atoms with Crippen molar-refractivity contribution in [3.63, 3.8) is 0 Å². The Bertz CT molecular complexity index is 1170. The van der Waals surface area contributed by atoms with Gasteiger partial charge >= 0.3 is 0 Å². The average Bonchev–Trinajstić information content (AvgIpc) is 3.30. The molecule has 0 spiro atoms. The maximum absolute atomic E-state index is 13.7. The van der Waals surface area contributed by atoms with Gasteiger partial charge in [0.15, 0.2) is 5.58 Å². The van der Waals surface area contributed by atoms with Crippen LogP contribution < -0.4 is 5.32 Å². The van der Waals surface area contributed by atoms with Gasteiger partial charge in [0.25, 0.3) is 5.91 Å². The van der Waals surface area contributed by atoms with Crippen LogP contribution in [0, 0.1) is 12.7 Å². The van der Waals surface area contributed by atoms with Crippen molar-refractivity contribution in [1.29, 1.82) is 0 Å². The summed E-state index contributed by atoms with van der Waals surface area (Å²) in [5.41, 5.74) is 1.65. The summed E-state index contributed by atoms with van der Waals surface area (Å²) in [7, 11) is 0. The van der Waals surface area contributed by atoms with Crippen LogP contribution in [0.5, 0.6) is 0 Å². The second-order valence-corrected chi connectivity index (χ2v) is 9.32. The second-order valence-electron chi connectivity index (χ2n) is 9.32. The van der Waals surface area contributed by atoms with E-state index in [1.54, 1.807) is 23.1 Å². The first-order chi connectivity index (χ1) is 15.3. The molecule has 1 aliphatic heterocycles. The molecule has 2 aliphatic rings. The first kappa shape index (κ1) is 20.8. The van der Waals surface area contributed by atoms with E-state index in [4.69, 9.17) is 4.42 Å². The Balaban J connectivity index is 1.54. The molecule has 3 heterocycles. The molecule has 1 aromatic carbocycles. The van der Waals surface area contributed by atoms with E-state index < -0.39 is 5.54 Å². The summed E-state index contributed by atoms with van der Waals surface area (Å²) in [5, 5.41) is 3.22. The molecule has 7 heteroatoms. The van der Waals surface area contributed by atoms with Crippen molar-refractivity contribution >= 4 is 22.9 Å². The molecule has 2 aromatic heterocycles. The zero-order valence-corrected chi connectivity index (χ0v) is 18.5. The van der Waals surface area contributed by atoms with E-state index in [-0.39, 0.29) is 30.2 Å². The largest absolute Gasteiger partial charge is 0.460 e. The number of rotatable bonds is 4. The molecule has 0 unspecified atom stereocenters. The third kappa shape index (κ3) is 3.49. The van der Waals surface area contributed by atoms with Gasteiger partial charge < -0.3 is 19.2 Å². The third-order valence-corrected chi connectivity index (χ3v) is 6.92. The van der Waals surface area contributed by atoms with E-state index in [0.717, 1.165) is 42.5 Å². The van der Waals surface area contributed by atoms with Crippen LogP contribution in [-0.2, 0) is 17.9 Å². The van der Waals surface area contributed by atoms with E-state index in [9.17, 15) is 14.0 Å². The Morgan fingerprint density at radius 2 is 1.91 bits per heavy atom. The lowest BCUT2D eigenvalue weighted by atomic mass is 9.91. The lowest BCUT2D eigenvalue weighted by molar-refractivity contribution is -0.134. The highest BCUT2D eigenvalue weighted by atomic mass is 19.1. The van der Waals surface area contributed by atoms with Gasteiger partial charge in [-0.1, -0.05) is 31.4 Å². The Hall–Kier alpha value is -3.09. The molecular formula is C25H28FN3O3. The van der Waals surface area contributed by atoms with Crippen LogP contribution in [-0.4, -0.2) is 32.9 Å². The van der Waals surface area contributed by atoms with Gasteiger partial charge in [-0.3, -0.25) is 9.59 Å². The van der Waals surface area contributed by atoms with Crippen molar-refractivity contribution in [1.82, 2.24) is 14.8 Å². The van der Waals surface area contributed by atoms with Crippen molar-refractivity contribution in [3.05, 3.63) is 59.2 Å². The van der Waals surface area contributed by atoms with Crippen molar-refractivity contribution in [2.75, 3.05) is 0 Å². The SMILES string of the molecule is Cc1cc2c(cc3n2C[C@](C)(C(=O)NC2CCCCC2)N(Cc2ccc(F)cc2)C3=O)o1. The maximum atomic E-state index is 13.7. The van der Waals surface area contributed by atoms with Crippen molar-refractivity contribution in [3.8, 4) is 0 Å². The van der Waals surface area contributed by atoms with E-state index in [0.29, 0.717) is 17.8 Å². The number of furan rings is 1. The smallest absolute Gasteiger partial charge is 0.271 e. The Morgan fingerprint density at radius 3 is 2.62 bits per heavy atom. The normalized spacial score (nSPS) is 21.7. The Kier molecular flexibility index (Phi) is 5.07. The van der Waals surface area contributed by atoms with Gasteiger partial charge in [0.2, 0.25) is 5.91 Å². The molecule has 0 bridgehead atoms. The first-order valence-corrected chi connectivity index (χ1v) is 11.3. The van der Waals surface area contributed by atoms with Crippen LogP contribution in [0.15, 0.2) is 40.8 Å². The van der Waals surface area contributed by atoms with Gasteiger partial charge in [-0.05, 0) is 44.4 Å². The van der Waals surface area contributed by atoms with Gasteiger partial charge in [-0.2, -0.15) is 0 Å². The number of hydrogen-bond donors (Lipinski definition) is 1. The number of nitrogens with zero attached hydrogens (tertiary/aromatic N) is 2.